The molecule has 0 saturated carbocycles. The maximum Gasteiger partial charge on any atom is 0.280 e. The van der Waals surface area contributed by atoms with E-state index in [0.717, 1.165) is 26.3 Å². The van der Waals surface area contributed by atoms with Gasteiger partial charge in [-0.25, -0.2) is 4.98 Å². The molecule has 1 amide bonds. The largest absolute Gasteiger partial charge is 0.313 e. The van der Waals surface area contributed by atoms with Crippen LogP contribution >= 0.6 is 35.0 Å². The van der Waals surface area contributed by atoms with E-state index in [0.29, 0.717) is 17.8 Å². The molecule has 1 heterocycles. The van der Waals surface area contributed by atoms with E-state index in [2.05, 4.69) is 32.8 Å². The fourth-order valence-electron chi connectivity index (χ4n) is 2.66. The Bertz CT molecular complexity index is 997. The molecule has 3 rings (SSSR count). The summed E-state index contributed by atoms with van der Waals surface area (Å²) in [6.07, 6.45) is 1.99. The van der Waals surface area contributed by atoms with E-state index in [4.69, 9.17) is 5.26 Å². The Kier molecular flexibility index (Phi) is 7.58. The monoisotopic (exact) mass is 440 g/mol. The molecule has 5 nitrogen and oxygen atoms in total. The minimum absolute atomic E-state index is 0.177. The van der Waals surface area contributed by atoms with Gasteiger partial charge < -0.3 is 4.90 Å². The van der Waals surface area contributed by atoms with E-state index in [9.17, 15) is 4.79 Å². The third kappa shape index (κ3) is 5.54. The van der Waals surface area contributed by atoms with Crippen molar-refractivity contribution in [1.29, 1.82) is 5.26 Å². The lowest BCUT2D eigenvalue weighted by atomic mass is 10.2. The van der Waals surface area contributed by atoms with Gasteiger partial charge in [-0.3, -0.25) is 9.52 Å². The van der Waals surface area contributed by atoms with E-state index >= 15 is 0 Å². The Hall–Kier alpha value is -2.47. The molecule has 1 N–H and O–H groups in total. The lowest BCUT2D eigenvalue weighted by molar-refractivity contribution is 0.0980. The van der Waals surface area contributed by atoms with Crippen LogP contribution in [0.25, 0.3) is 0 Å². The number of hydrogen-bond donors (Lipinski definition) is 1. The van der Waals surface area contributed by atoms with Gasteiger partial charge in [0.1, 0.15) is 5.69 Å². The third-order valence-corrected chi connectivity index (χ3v) is 6.80. The maximum atomic E-state index is 12.5. The second-order valence-corrected chi connectivity index (χ2v) is 9.31. The quantitative estimate of drug-likeness (QED) is 0.289. The van der Waals surface area contributed by atoms with Crippen LogP contribution in [0.4, 0.5) is 10.8 Å². The van der Waals surface area contributed by atoms with Crippen LogP contribution in [0.15, 0.2) is 54.6 Å². The van der Waals surface area contributed by atoms with E-state index < -0.39 is 0 Å². The van der Waals surface area contributed by atoms with Crippen molar-refractivity contribution < 1.29 is 4.79 Å². The van der Waals surface area contributed by atoms with Gasteiger partial charge in [-0.2, -0.15) is 17.0 Å². The van der Waals surface area contributed by atoms with E-state index in [1.165, 1.54) is 23.3 Å². The summed E-state index contributed by atoms with van der Waals surface area (Å²) in [5.74, 6) is -0.177. The summed E-state index contributed by atoms with van der Waals surface area (Å²) in [6.45, 7) is 2.52. The summed E-state index contributed by atoms with van der Waals surface area (Å²) < 4.78 is 2.84. The molecule has 0 aliphatic rings. The van der Waals surface area contributed by atoms with Crippen molar-refractivity contribution in [3.8, 4) is 6.07 Å². The molecule has 0 radical (unpaired) electrons. The molecule has 0 bridgehead atoms. The number of benzene rings is 2. The Labute approximate surface area is 183 Å². The maximum absolute atomic E-state index is 12.5. The van der Waals surface area contributed by atoms with Gasteiger partial charge in [0.15, 0.2) is 5.13 Å². The van der Waals surface area contributed by atoms with E-state index in [-0.39, 0.29) is 5.91 Å². The fraction of sp³-hybridized carbons (Fsp3) is 0.190. The van der Waals surface area contributed by atoms with Gasteiger partial charge in [0.05, 0.1) is 23.3 Å². The molecule has 0 atom stereocenters. The highest BCUT2D eigenvalue weighted by atomic mass is 32.2. The zero-order valence-electron chi connectivity index (χ0n) is 16.1. The average Bonchev–Trinajstić information content (AvgIpc) is 3.14. The second-order valence-electron chi connectivity index (χ2n) is 6.11. The van der Waals surface area contributed by atoms with Gasteiger partial charge in [0.2, 0.25) is 0 Å². The zero-order valence-corrected chi connectivity index (χ0v) is 18.5. The first-order valence-corrected chi connectivity index (χ1v) is 12.0. The summed E-state index contributed by atoms with van der Waals surface area (Å²) in [5.41, 5.74) is 3.11. The lowest BCUT2D eigenvalue weighted by Crippen LogP contribution is -2.19. The average molecular weight is 441 g/mol. The number of thioether (sulfide) groups is 1. The molecular weight excluding hydrogens is 420 g/mol. The van der Waals surface area contributed by atoms with Crippen LogP contribution in [0.3, 0.4) is 0 Å². The fourth-order valence-corrected chi connectivity index (χ4v) is 4.52. The minimum Gasteiger partial charge on any atom is -0.313 e. The van der Waals surface area contributed by atoms with Crippen LogP contribution in [-0.4, -0.2) is 22.2 Å². The Morgan fingerprint density at radius 2 is 1.93 bits per heavy atom. The summed E-state index contributed by atoms with van der Waals surface area (Å²) in [7, 11) is 0. The van der Waals surface area contributed by atoms with Gasteiger partial charge in [-0.1, -0.05) is 30.3 Å². The summed E-state index contributed by atoms with van der Waals surface area (Å²) in [6, 6.07) is 19.7. The molecule has 8 heteroatoms. The van der Waals surface area contributed by atoms with Crippen molar-refractivity contribution in [3.05, 3.63) is 76.3 Å². The number of nitriles is 1. The number of amides is 1. The van der Waals surface area contributed by atoms with Crippen molar-refractivity contribution in [1.82, 2.24) is 9.71 Å². The van der Waals surface area contributed by atoms with E-state index in [1.807, 2.05) is 43.5 Å². The number of aromatic nitrogens is 1. The van der Waals surface area contributed by atoms with Gasteiger partial charge >= 0.3 is 0 Å². The SMILES string of the molecule is CSCSNC(=O)c1nc(N(Cc2ccccc2)c2ccc(C#N)cc2)sc1C. The predicted octanol–water partition coefficient (Wildman–Crippen LogP) is 5.36. The first-order chi connectivity index (χ1) is 14.1. The number of aryl methyl sites for hydroxylation is 1. The highest BCUT2D eigenvalue weighted by Crippen LogP contribution is 2.33. The molecule has 1 aromatic heterocycles. The molecule has 0 aliphatic carbocycles. The molecule has 29 heavy (non-hydrogen) atoms. The van der Waals surface area contributed by atoms with E-state index in [1.54, 1.807) is 23.9 Å². The van der Waals surface area contributed by atoms with Gasteiger partial charge in [0, 0.05) is 10.6 Å². The third-order valence-electron chi connectivity index (χ3n) is 4.06. The summed E-state index contributed by atoms with van der Waals surface area (Å²) in [5, 5.41) is 10.6. The summed E-state index contributed by atoms with van der Waals surface area (Å²) in [4.78, 5) is 20.1. The standard InChI is InChI=1S/C21H20N4OS3/c1-15-19(20(26)24-28-14-27-2)23-21(29-15)25(13-17-6-4-3-5-7-17)18-10-8-16(12-22)9-11-18/h3-11H,13-14H2,1-2H3,(H,24,26). The number of nitrogens with one attached hydrogen (secondary N) is 1. The van der Waals surface area contributed by atoms with Crippen LogP contribution < -0.4 is 9.62 Å². The second kappa shape index (κ2) is 10.3. The highest BCUT2D eigenvalue weighted by Gasteiger charge is 2.20. The number of thiazole rings is 1. The smallest absolute Gasteiger partial charge is 0.280 e. The first kappa shape index (κ1) is 21.2. The Morgan fingerprint density at radius 3 is 2.59 bits per heavy atom. The van der Waals surface area contributed by atoms with Crippen LogP contribution in [0.5, 0.6) is 0 Å². The molecule has 3 aromatic rings. The normalized spacial score (nSPS) is 10.4. The molecule has 148 valence electrons. The van der Waals surface area contributed by atoms with Gasteiger partial charge in [-0.15, -0.1) is 11.3 Å². The van der Waals surface area contributed by atoms with Gasteiger partial charge in [-0.05, 0) is 55.0 Å². The molecule has 2 aromatic carbocycles. The van der Waals surface area contributed by atoms with Crippen molar-refractivity contribution in [3.63, 3.8) is 0 Å². The van der Waals surface area contributed by atoms with Crippen molar-refractivity contribution >= 4 is 51.8 Å². The lowest BCUT2D eigenvalue weighted by Gasteiger charge is -2.22. The van der Waals surface area contributed by atoms with Crippen LogP contribution in [0.2, 0.25) is 0 Å². The Balaban J connectivity index is 1.92. The molecule has 0 fully saturated rings. The predicted molar refractivity (Wildman–Crippen MR) is 124 cm³/mol. The number of carbonyl (C=O) groups excluding carboxylic acids is 1. The molecule has 0 unspecified atom stereocenters. The van der Waals surface area contributed by atoms with Crippen LogP contribution in [0, 0.1) is 18.3 Å². The summed E-state index contributed by atoms with van der Waals surface area (Å²) >= 11 is 4.51. The molecule has 0 saturated heterocycles. The van der Waals surface area contributed by atoms with Crippen molar-refractivity contribution in [2.45, 2.75) is 13.5 Å². The number of hydrogen-bond acceptors (Lipinski definition) is 7. The number of anilines is 2. The number of rotatable bonds is 8. The highest BCUT2D eigenvalue weighted by molar-refractivity contribution is 8.15. The number of carbonyl (C=O) groups is 1. The first-order valence-electron chi connectivity index (χ1n) is 8.82. The zero-order chi connectivity index (χ0) is 20.6. The van der Waals surface area contributed by atoms with Crippen LogP contribution in [-0.2, 0) is 6.54 Å². The molecule has 0 aliphatic heterocycles. The van der Waals surface area contributed by atoms with Crippen molar-refractivity contribution in [2.75, 3.05) is 16.2 Å². The molecular formula is C21H20N4OS3. The Morgan fingerprint density at radius 1 is 1.21 bits per heavy atom. The minimum atomic E-state index is -0.177. The molecule has 0 spiro atoms. The van der Waals surface area contributed by atoms with Crippen molar-refractivity contribution in [2.24, 2.45) is 0 Å². The van der Waals surface area contributed by atoms with Crippen LogP contribution in [0.1, 0.15) is 26.5 Å². The number of nitrogens with zero attached hydrogens (tertiary/aromatic N) is 3. The van der Waals surface area contributed by atoms with Gasteiger partial charge in [0.25, 0.3) is 5.91 Å². The topological polar surface area (TPSA) is 69.0 Å².